The molecule has 1 saturated carbocycles. The number of nitrogens with one attached hydrogen (secondary N) is 2. The second-order valence-corrected chi connectivity index (χ2v) is 4.73. The largest absolute Gasteiger partial charge is 0.480 e. The van der Waals surface area contributed by atoms with Gasteiger partial charge >= 0.3 is 5.97 Å². The standard InChI is InChI=1S/C12H20N2O4/c1-3-7-13-9(15)8(2)14-10(16)12(11(17)18)5-4-6-12/h8H,3-7H2,1-2H3,(H,13,15)(H,14,16)(H,17,18). The van der Waals surface area contributed by atoms with Crippen molar-refractivity contribution < 1.29 is 19.5 Å². The molecule has 6 heteroatoms. The number of amides is 2. The van der Waals surface area contributed by atoms with Crippen LogP contribution in [0.15, 0.2) is 0 Å². The lowest BCUT2D eigenvalue weighted by atomic mass is 9.68. The molecular weight excluding hydrogens is 236 g/mol. The van der Waals surface area contributed by atoms with E-state index in [1.807, 2.05) is 6.92 Å². The molecular formula is C12H20N2O4. The van der Waals surface area contributed by atoms with E-state index in [9.17, 15) is 14.4 Å². The first-order chi connectivity index (χ1) is 8.44. The Bertz CT molecular complexity index is 350. The van der Waals surface area contributed by atoms with Crippen LogP contribution in [0.2, 0.25) is 0 Å². The second kappa shape index (κ2) is 5.84. The van der Waals surface area contributed by atoms with Crippen molar-refractivity contribution in [3.05, 3.63) is 0 Å². The van der Waals surface area contributed by atoms with Gasteiger partial charge in [0.2, 0.25) is 11.8 Å². The first-order valence-corrected chi connectivity index (χ1v) is 6.26. The third-order valence-electron chi connectivity index (χ3n) is 3.34. The van der Waals surface area contributed by atoms with Crippen LogP contribution < -0.4 is 10.6 Å². The van der Waals surface area contributed by atoms with E-state index in [0.29, 0.717) is 19.4 Å². The number of carboxylic acid groups (broad SMARTS) is 1. The maximum absolute atomic E-state index is 11.9. The van der Waals surface area contributed by atoms with Crippen LogP contribution in [0.4, 0.5) is 0 Å². The van der Waals surface area contributed by atoms with Gasteiger partial charge in [-0.3, -0.25) is 14.4 Å². The molecule has 1 atom stereocenters. The monoisotopic (exact) mass is 256 g/mol. The van der Waals surface area contributed by atoms with E-state index in [-0.39, 0.29) is 5.91 Å². The van der Waals surface area contributed by atoms with E-state index in [2.05, 4.69) is 10.6 Å². The fraction of sp³-hybridized carbons (Fsp3) is 0.750. The minimum absolute atomic E-state index is 0.287. The number of hydrogen-bond donors (Lipinski definition) is 3. The lowest BCUT2D eigenvalue weighted by molar-refractivity contribution is -0.162. The zero-order valence-electron chi connectivity index (χ0n) is 10.8. The van der Waals surface area contributed by atoms with E-state index in [1.165, 1.54) is 0 Å². The molecule has 0 bridgehead atoms. The molecule has 0 aliphatic heterocycles. The molecule has 18 heavy (non-hydrogen) atoms. The van der Waals surface area contributed by atoms with Crippen molar-refractivity contribution in [1.29, 1.82) is 0 Å². The van der Waals surface area contributed by atoms with Gasteiger partial charge in [-0.25, -0.2) is 0 Å². The highest BCUT2D eigenvalue weighted by Crippen LogP contribution is 2.41. The van der Waals surface area contributed by atoms with Gasteiger partial charge in [-0.2, -0.15) is 0 Å². The molecule has 1 rings (SSSR count). The summed E-state index contributed by atoms with van der Waals surface area (Å²) in [5.74, 6) is -1.95. The minimum Gasteiger partial charge on any atom is -0.480 e. The molecule has 0 aromatic heterocycles. The summed E-state index contributed by atoms with van der Waals surface area (Å²) >= 11 is 0. The summed E-state index contributed by atoms with van der Waals surface area (Å²) in [7, 11) is 0. The third kappa shape index (κ3) is 2.80. The average Bonchev–Trinajstić information content (AvgIpc) is 2.23. The van der Waals surface area contributed by atoms with E-state index in [1.54, 1.807) is 6.92 Å². The van der Waals surface area contributed by atoms with Crippen LogP contribution in [0.5, 0.6) is 0 Å². The Labute approximate surface area is 106 Å². The SMILES string of the molecule is CCCNC(=O)C(C)NC(=O)C1(C(=O)O)CCC1. The van der Waals surface area contributed by atoms with Crippen molar-refractivity contribution in [1.82, 2.24) is 10.6 Å². The number of aliphatic carboxylic acids is 1. The Morgan fingerprint density at radius 3 is 2.33 bits per heavy atom. The van der Waals surface area contributed by atoms with E-state index < -0.39 is 23.3 Å². The van der Waals surface area contributed by atoms with Crippen LogP contribution >= 0.6 is 0 Å². The molecule has 6 nitrogen and oxygen atoms in total. The lowest BCUT2D eigenvalue weighted by Crippen LogP contribution is -2.55. The molecule has 0 saturated heterocycles. The summed E-state index contributed by atoms with van der Waals surface area (Å²) in [5, 5.41) is 14.2. The quantitative estimate of drug-likeness (QED) is 0.594. The maximum Gasteiger partial charge on any atom is 0.319 e. The Balaban J connectivity index is 2.53. The molecule has 2 amide bonds. The molecule has 0 radical (unpaired) electrons. The van der Waals surface area contributed by atoms with Gasteiger partial charge in [0.05, 0.1) is 0 Å². The van der Waals surface area contributed by atoms with Gasteiger partial charge < -0.3 is 15.7 Å². The van der Waals surface area contributed by atoms with Crippen molar-refractivity contribution in [2.24, 2.45) is 5.41 Å². The summed E-state index contributed by atoms with van der Waals surface area (Å²) in [5.41, 5.74) is -1.32. The van der Waals surface area contributed by atoms with E-state index in [0.717, 1.165) is 12.8 Å². The number of hydrogen-bond acceptors (Lipinski definition) is 3. The van der Waals surface area contributed by atoms with Crippen molar-refractivity contribution in [2.75, 3.05) is 6.54 Å². The first-order valence-electron chi connectivity index (χ1n) is 6.26. The number of carboxylic acids is 1. The third-order valence-corrected chi connectivity index (χ3v) is 3.34. The van der Waals surface area contributed by atoms with Gasteiger partial charge in [-0.05, 0) is 26.2 Å². The lowest BCUT2D eigenvalue weighted by Gasteiger charge is -2.36. The Morgan fingerprint density at radius 2 is 1.94 bits per heavy atom. The van der Waals surface area contributed by atoms with Gasteiger partial charge in [-0.15, -0.1) is 0 Å². The Kier molecular flexibility index (Phi) is 4.69. The molecule has 3 N–H and O–H groups in total. The first kappa shape index (κ1) is 14.5. The number of carbonyl (C=O) groups excluding carboxylic acids is 2. The second-order valence-electron chi connectivity index (χ2n) is 4.73. The molecule has 0 heterocycles. The predicted molar refractivity (Wildman–Crippen MR) is 64.8 cm³/mol. The molecule has 0 spiro atoms. The number of rotatable bonds is 6. The molecule has 1 fully saturated rings. The van der Waals surface area contributed by atoms with Gasteiger partial charge in [0.25, 0.3) is 0 Å². The fourth-order valence-corrected chi connectivity index (χ4v) is 1.87. The van der Waals surface area contributed by atoms with Crippen LogP contribution in [0.3, 0.4) is 0 Å². The molecule has 1 aliphatic rings. The molecule has 0 aromatic carbocycles. The van der Waals surface area contributed by atoms with Crippen molar-refractivity contribution in [3.8, 4) is 0 Å². The number of carbonyl (C=O) groups is 3. The zero-order valence-corrected chi connectivity index (χ0v) is 10.8. The summed E-state index contributed by atoms with van der Waals surface area (Å²) < 4.78 is 0. The Hall–Kier alpha value is -1.59. The molecule has 1 aliphatic carbocycles. The van der Waals surface area contributed by atoms with Crippen LogP contribution in [0.25, 0.3) is 0 Å². The van der Waals surface area contributed by atoms with Gasteiger partial charge in [0.1, 0.15) is 11.5 Å². The van der Waals surface area contributed by atoms with Crippen LogP contribution in [0.1, 0.15) is 39.5 Å². The summed E-state index contributed by atoms with van der Waals surface area (Å²) in [6.07, 6.45) is 2.23. The van der Waals surface area contributed by atoms with Crippen LogP contribution in [0, 0.1) is 5.41 Å². The smallest absolute Gasteiger partial charge is 0.319 e. The normalized spacial score (nSPS) is 18.3. The van der Waals surface area contributed by atoms with Gasteiger partial charge in [0.15, 0.2) is 0 Å². The average molecular weight is 256 g/mol. The van der Waals surface area contributed by atoms with E-state index >= 15 is 0 Å². The van der Waals surface area contributed by atoms with Crippen LogP contribution in [-0.2, 0) is 14.4 Å². The summed E-state index contributed by atoms with van der Waals surface area (Å²) in [4.78, 5) is 34.6. The highest BCUT2D eigenvalue weighted by atomic mass is 16.4. The highest BCUT2D eigenvalue weighted by Gasteiger charge is 2.51. The highest BCUT2D eigenvalue weighted by molar-refractivity contribution is 6.04. The van der Waals surface area contributed by atoms with Crippen molar-refractivity contribution >= 4 is 17.8 Å². The van der Waals surface area contributed by atoms with Crippen LogP contribution in [-0.4, -0.2) is 35.5 Å². The predicted octanol–water partition coefficient (Wildman–Crippen LogP) is 0.272. The van der Waals surface area contributed by atoms with E-state index in [4.69, 9.17) is 5.11 Å². The zero-order chi connectivity index (χ0) is 13.8. The fourth-order valence-electron chi connectivity index (χ4n) is 1.87. The molecule has 0 aromatic rings. The van der Waals surface area contributed by atoms with Crippen molar-refractivity contribution in [3.63, 3.8) is 0 Å². The summed E-state index contributed by atoms with van der Waals surface area (Å²) in [6.45, 7) is 4.03. The maximum atomic E-state index is 11.9. The molecule has 1 unspecified atom stereocenters. The topological polar surface area (TPSA) is 95.5 Å². The van der Waals surface area contributed by atoms with Gasteiger partial charge in [0, 0.05) is 6.54 Å². The Morgan fingerprint density at radius 1 is 1.33 bits per heavy atom. The minimum atomic E-state index is -1.32. The molecule has 102 valence electrons. The van der Waals surface area contributed by atoms with Crippen molar-refractivity contribution in [2.45, 2.75) is 45.6 Å². The van der Waals surface area contributed by atoms with Gasteiger partial charge in [-0.1, -0.05) is 13.3 Å². The summed E-state index contributed by atoms with van der Waals surface area (Å²) in [6, 6.07) is -0.708.